The highest BCUT2D eigenvalue weighted by atomic mass is 16.5. The summed E-state index contributed by atoms with van der Waals surface area (Å²) in [6.45, 7) is 1.20. The van der Waals surface area contributed by atoms with E-state index in [1.807, 2.05) is 49.3 Å². The van der Waals surface area contributed by atoms with Crippen LogP contribution in [0.15, 0.2) is 29.8 Å². The zero-order valence-electron chi connectivity index (χ0n) is 10.3. The van der Waals surface area contributed by atoms with Crippen LogP contribution in [0.25, 0.3) is 6.08 Å². The molecule has 0 saturated heterocycles. The standard InChI is InChI=1S/C14H17NO2/c1-15(2)7-8-17-14(16)13-9-11-5-3-4-6-12(11)10-13/h3-6,9H,7-8,10H2,1-2H3. The lowest BCUT2D eigenvalue weighted by molar-refractivity contribution is -0.139. The van der Waals surface area contributed by atoms with E-state index in [0.717, 1.165) is 17.7 Å². The Hall–Kier alpha value is -1.61. The minimum atomic E-state index is -0.192. The van der Waals surface area contributed by atoms with Gasteiger partial charge in [-0.15, -0.1) is 0 Å². The van der Waals surface area contributed by atoms with E-state index in [1.54, 1.807) is 0 Å². The summed E-state index contributed by atoms with van der Waals surface area (Å²) in [5.74, 6) is -0.192. The van der Waals surface area contributed by atoms with E-state index in [0.29, 0.717) is 13.0 Å². The Morgan fingerprint density at radius 2 is 2.12 bits per heavy atom. The van der Waals surface area contributed by atoms with E-state index in [1.165, 1.54) is 5.56 Å². The van der Waals surface area contributed by atoms with Crippen LogP contribution >= 0.6 is 0 Å². The van der Waals surface area contributed by atoms with Gasteiger partial charge < -0.3 is 9.64 Å². The van der Waals surface area contributed by atoms with Gasteiger partial charge in [-0.1, -0.05) is 24.3 Å². The molecule has 1 aliphatic carbocycles. The molecule has 1 aromatic carbocycles. The number of likely N-dealkylation sites (N-methyl/N-ethyl adjacent to an activating group) is 1. The first-order chi connectivity index (χ1) is 8.16. The lowest BCUT2D eigenvalue weighted by atomic mass is 10.1. The van der Waals surface area contributed by atoms with Gasteiger partial charge >= 0.3 is 5.97 Å². The molecule has 1 aromatic rings. The maximum absolute atomic E-state index is 11.8. The summed E-state index contributed by atoms with van der Waals surface area (Å²) >= 11 is 0. The van der Waals surface area contributed by atoms with Gasteiger partial charge in [0.2, 0.25) is 0 Å². The maximum Gasteiger partial charge on any atom is 0.334 e. The SMILES string of the molecule is CN(C)CCOC(=O)C1=Cc2ccccc2C1. The first-order valence-electron chi connectivity index (χ1n) is 5.77. The second kappa shape index (κ2) is 5.15. The number of benzene rings is 1. The zero-order chi connectivity index (χ0) is 12.3. The van der Waals surface area contributed by atoms with Crippen LogP contribution in [-0.2, 0) is 16.0 Å². The molecule has 0 bridgehead atoms. The highest BCUT2D eigenvalue weighted by Crippen LogP contribution is 2.25. The Morgan fingerprint density at radius 1 is 1.35 bits per heavy atom. The average Bonchev–Trinajstić information content (AvgIpc) is 2.71. The Balaban J connectivity index is 1.91. The lowest BCUT2D eigenvalue weighted by Gasteiger charge is -2.10. The van der Waals surface area contributed by atoms with Gasteiger partial charge in [0.15, 0.2) is 0 Å². The highest BCUT2D eigenvalue weighted by Gasteiger charge is 2.18. The molecule has 17 heavy (non-hydrogen) atoms. The molecule has 0 atom stereocenters. The summed E-state index contributed by atoms with van der Waals surface area (Å²) in [6.07, 6.45) is 2.62. The van der Waals surface area contributed by atoms with Crippen LogP contribution in [0.2, 0.25) is 0 Å². The van der Waals surface area contributed by atoms with Crippen molar-refractivity contribution < 1.29 is 9.53 Å². The summed E-state index contributed by atoms with van der Waals surface area (Å²) in [6, 6.07) is 8.05. The smallest absolute Gasteiger partial charge is 0.334 e. The quantitative estimate of drug-likeness (QED) is 0.739. The van der Waals surface area contributed by atoms with Crippen molar-refractivity contribution in [3.8, 4) is 0 Å². The number of nitrogens with zero attached hydrogens (tertiary/aromatic N) is 1. The molecule has 3 nitrogen and oxygen atoms in total. The Kier molecular flexibility index (Phi) is 3.59. The molecule has 0 radical (unpaired) electrons. The molecule has 0 fully saturated rings. The van der Waals surface area contributed by atoms with Crippen LogP contribution in [0, 0.1) is 0 Å². The molecule has 0 unspecified atom stereocenters. The lowest BCUT2D eigenvalue weighted by Crippen LogP contribution is -2.20. The fraction of sp³-hybridized carbons (Fsp3) is 0.357. The van der Waals surface area contributed by atoms with Gasteiger partial charge in [0, 0.05) is 18.5 Å². The number of ether oxygens (including phenoxy) is 1. The summed E-state index contributed by atoms with van der Waals surface area (Å²) in [5, 5.41) is 0. The normalized spacial score (nSPS) is 13.5. The summed E-state index contributed by atoms with van der Waals surface area (Å²) < 4.78 is 5.22. The number of carbonyl (C=O) groups excluding carboxylic acids is 1. The van der Waals surface area contributed by atoms with E-state index in [-0.39, 0.29) is 5.97 Å². The Bertz CT molecular complexity index is 449. The van der Waals surface area contributed by atoms with E-state index in [4.69, 9.17) is 4.74 Å². The fourth-order valence-corrected chi connectivity index (χ4v) is 1.82. The molecule has 0 amide bonds. The molecule has 0 saturated carbocycles. The van der Waals surface area contributed by atoms with Gasteiger partial charge in [0.25, 0.3) is 0 Å². The summed E-state index contributed by atoms with van der Waals surface area (Å²) in [7, 11) is 3.91. The first kappa shape index (κ1) is 11.9. The van der Waals surface area contributed by atoms with Crippen molar-refractivity contribution in [3.05, 3.63) is 41.0 Å². The predicted octanol–water partition coefficient (Wildman–Crippen LogP) is 1.73. The topological polar surface area (TPSA) is 29.5 Å². The first-order valence-corrected chi connectivity index (χ1v) is 5.77. The molecule has 0 aliphatic heterocycles. The molecule has 2 rings (SSSR count). The molecule has 0 N–H and O–H groups in total. The van der Waals surface area contributed by atoms with Gasteiger partial charge in [0.05, 0.1) is 0 Å². The largest absolute Gasteiger partial charge is 0.461 e. The van der Waals surface area contributed by atoms with Crippen molar-refractivity contribution >= 4 is 12.0 Å². The molecular weight excluding hydrogens is 214 g/mol. The third-order valence-electron chi connectivity index (χ3n) is 2.80. The average molecular weight is 231 g/mol. The number of hydrogen-bond acceptors (Lipinski definition) is 3. The molecule has 0 spiro atoms. The summed E-state index contributed by atoms with van der Waals surface area (Å²) in [5.41, 5.74) is 3.09. The monoisotopic (exact) mass is 231 g/mol. The third-order valence-corrected chi connectivity index (χ3v) is 2.80. The maximum atomic E-state index is 11.8. The molecule has 1 aliphatic rings. The number of esters is 1. The number of rotatable bonds is 4. The van der Waals surface area contributed by atoms with Gasteiger partial charge in [-0.2, -0.15) is 0 Å². The number of fused-ring (bicyclic) bond motifs is 1. The van der Waals surface area contributed by atoms with Gasteiger partial charge in [-0.3, -0.25) is 0 Å². The van der Waals surface area contributed by atoms with E-state index in [2.05, 4.69) is 0 Å². The van der Waals surface area contributed by atoms with Crippen LogP contribution in [-0.4, -0.2) is 38.1 Å². The minimum Gasteiger partial charge on any atom is -0.461 e. The predicted molar refractivity (Wildman–Crippen MR) is 67.6 cm³/mol. The van der Waals surface area contributed by atoms with Crippen molar-refractivity contribution in [2.75, 3.05) is 27.2 Å². The number of hydrogen-bond donors (Lipinski definition) is 0. The van der Waals surface area contributed by atoms with Crippen molar-refractivity contribution in [1.82, 2.24) is 4.90 Å². The molecule has 0 heterocycles. The van der Waals surface area contributed by atoms with Crippen molar-refractivity contribution in [3.63, 3.8) is 0 Å². The van der Waals surface area contributed by atoms with Crippen LogP contribution < -0.4 is 0 Å². The highest BCUT2D eigenvalue weighted by molar-refractivity contribution is 5.96. The second-order valence-electron chi connectivity index (χ2n) is 4.48. The molecular formula is C14H17NO2. The Labute approximate surface area is 102 Å². The molecule has 0 aromatic heterocycles. The van der Waals surface area contributed by atoms with Crippen molar-refractivity contribution in [2.24, 2.45) is 0 Å². The number of carbonyl (C=O) groups is 1. The van der Waals surface area contributed by atoms with Crippen LogP contribution in [0.1, 0.15) is 11.1 Å². The third kappa shape index (κ3) is 2.94. The van der Waals surface area contributed by atoms with E-state index in [9.17, 15) is 4.79 Å². The van der Waals surface area contributed by atoms with Gasteiger partial charge in [-0.25, -0.2) is 4.79 Å². The minimum absolute atomic E-state index is 0.192. The van der Waals surface area contributed by atoms with E-state index < -0.39 is 0 Å². The van der Waals surface area contributed by atoms with Gasteiger partial charge in [0.1, 0.15) is 6.61 Å². The van der Waals surface area contributed by atoms with E-state index >= 15 is 0 Å². The van der Waals surface area contributed by atoms with Crippen LogP contribution in [0.3, 0.4) is 0 Å². The molecule has 3 heteroatoms. The van der Waals surface area contributed by atoms with Crippen LogP contribution in [0.4, 0.5) is 0 Å². The Morgan fingerprint density at radius 3 is 2.82 bits per heavy atom. The summed E-state index contributed by atoms with van der Waals surface area (Å²) in [4.78, 5) is 13.8. The van der Waals surface area contributed by atoms with Crippen molar-refractivity contribution in [1.29, 1.82) is 0 Å². The van der Waals surface area contributed by atoms with Gasteiger partial charge in [-0.05, 0) is 31.3 Å². The fourth-order valence-electron chi connectivity index (χ4n) is 1.82. The van der Waals surface area contributed by atoms with Crippen LogP contribution in [0.5, 0.6) is 0 Å². The molecule has 90 valence electrons. The zero-order valence-corrected chi connectivity index (χ0v) is 10.3. The van der Waals surface area contributed by atoms with Crippen molar-refractivity contribution in [2.45, 2.75) is 6.42 Å². The second-order valence-corrected chi connectivity index (χ2v) is 4.48.